The summed E-state index contributed by atoms with van der Waals surface area (Å²) in [6, 6.07) is 13.4. The minimum absolute atomic E-state index is 0.0733. The second kappa shape index (κ2) is 6.19. The first-order chi connectivity index (χ1) is 9.59. The monoisotopic (exact) mass is 269 g/mol. The van der Waals surface area contributed by atoms with Crippen molar-refractivity contribution >= 4 is 11.6 Å². The molecule has 104 valence electrons. The van der Waals surface area contributed by atoms with Crippen molar-refractivity contribution in [3.63, 3.8) is 0 Å². The normalized spacial score (nSPS) is 10.6. The van der Waals surface area contributed by atoms with Crippen LogP contribution in [0.5, 0.6) is 0 Å². The summed E-state index contributed by atoms with van der Waals surface area (Å²) >= 11 is 0. The molecule has 1 aromatic heterocycles. The minimum Gasteiger partial charge on any atom is -0.397 e. The van der Waals surface area contributed by atoms with Gasteiger partial charge in [-0.3, -0.25) is 4.79 Å². The van der Waals surface area contributed by atoms with Crippen molar-refractivity contribution in [2.75, 3.05) is 5.73 Å². The summed E-state index contributed by atoms with van der Waals surface area (Å²) in [6.07, 6.45) is 1.59. The molecule has 1 amide bonds. The van der Waals surface area contributed by atoms with E-state index in [1.54, 1.807) is 23.2 Å². The van der Waals surface area contributed by atoms with E-state index in [9.17, 15) is 4.79 Å². The number of amides is 1. The van der Waals surface area contributed by atoms with E-state index in [-0.39, 0.29) is 11.9 Å². The summed E-state index contributed by atoms with van der Waals surface area (Å²) < 4.78 is 0. The number of aromatic nitrogens is 1. The molecule has 0 atom stereocenters. The molecule has 0 radical (unpaired) electrons. The number of carbonyl (C=O) groups is 1. The third kappa shape index (κ3) is 3.15. The van der Waals surface area contributed by atoms with Gasteiger partial charge in [0.25, 0.3) is 5.91 Å². The van der Waals surface area contributed by atoms with Crippen LogP contribution in [0.2, 0.25) is 0 Å². The van der Waals surface area contributed by atoms with Crippen LogP contribution in [0.15, 0.2) is 48.7 Å². The van der Waals surface area contributed by atoms with Crippen LogP contribution in [-0.2, 0) is 6.54 Å². The summed E-state index contributed by atoms with van der Waals surface area (Å²) in [4.78, 5) is 18.5. The van der Waals surface area contributed by atoms with Crippen LogP contribution in [0.1, 0.15) is 29.9 Å². The van der Waals surface area contributed by atoms with Crippen LogP contribution in [0.4, 0.5) is 5.69 Å². The molecule has 4 nitrogen and oxygen atoms in total. The fraction of sp³-hybridized carbons (Fsp3) is 0.250. The molecule has 2 aromatic rings. The quantitative estimate of drug-likeness (QED) is 0.928. The van der Waals surface area contributed by atoms with Crippen LogP contribution in [0, 0.1) is 0 Å². The van der Waals surface area contributed by atoms with Gasteiger partial charge < -0.3 is 10.6 Å². The average molecular weight is 269 g/mol. The number of pyridine rings is 1. The molecule has 0 aliphatic carbocycles. The molecule has 0 saturated carbocycles. The van der Waals surface area contributed by atoms with Gasteiger partial charge in [-0.25, -0.2) is 4.98 Å². The number of nitrogens with zero attached hydrogens (tertiary/aromatic N) is 2. The van der Waals surface area contributed by atoms with Crippen LogP contribution >= 0.6 is 0 Å². The maximum atomic E-state index is 12.6. The zero-order valence-corrected chi connectivity index (χ0v) is 11.8. The number of anilines is 1. The predicted molar refractivity (Wildman–Crippen MR) is 80.1 cm³/mol. The fourth-order valence-electron chi connectivity index (χ4n) is 2.00. The van der Waals surface area contributed by atoms with E-state index >= 15 is 0 Å². The molecule has 2 rings (SSSR count). The fourth-order valence-corrected chi connectivity index (χ4v) is 2.00. The lowest BCUT2D eigenvalue weighted by atomic mass is 10.1. The number of hydrogen-bond donors (Lipinski definition) is 1. The van der Waals surface area contributed by atoms with Crippen LogP contribution in [-0.4, -0.2) is 21.8 Å². The van der Waals surface area contributed by atoms with Gasteiger partial charge in [0.15, 0.2) is 5.69 Å². The Bertz CT molecular complexity index is 581. The molecule has 0 unspecified atom stereocenters. The van der Waals surface area contributed by atoms with E-state index < -0.39 is 0 Å². The molecule has 0 saturated heterocycles. The minimum atomic E-state index is -0.137. The van der Waals surface area contributed by atoms with Gasteiger partial charge in [0, 0.05) is 18.8 Å². The Kier molecular flexibility index (Phi) is 4.35. The Hall–Kier alpha value is -2.36. The molecule has 0 spiro atoms. The Morgan fingerprint density at radius 2 is 1.90 bits per heavy atom. The number of benzene rings is 1. The molecular weight excluding hydrogens is 250 g/mol. The van der Waals surface area contributed by atoms with Crippen molar-refractivity contribution in [3.05, 3.63) is 59.9 Å². The molecule has 0 fully saturated rings. The van der Waals surface area contributed by atoms with E-state index in [1.807, 2.05) is 44.2 Å². The highest BCUT2D eigenvalue weighted by atomic mass is 16.2. The van der Waals surface area contributed by atoms with Gasteiger partial charge in [-0.05, 0) is 31.5 Å². The molecule has 0 aliphatic heterocycles. The highest BCUT2D eigenvalue weighted by Crippen LogP contribution is 2.15. The molecule has 0 aliphatic rings. The van der Waals surface area contributed by atoms with Crippen LogP contribution in [0.25, 0.3) is 0 Å². The number of carbonyl (C=O) groups excluding carboxylic acids is 1. The molecule has 2 N–H and O–H groups in total. The molecule has 1 aromatic carbocycles. The highest BCUT2D eigenvalue weighted by molar-refractivity contribution is 5.97. The van der Waals surface area contributed by atoms with E-state index in [4.69, 9.17) is 5.73 Å². The molecule has 1 heterocycles. The maximum absolute atomic E-state index is 12.6. The predicted octanol–water partition coefficient (Wildman–Crippen LogP) is 2.71. The Labute approximate surface area is 119 Å². The first-order valence-electron chi connectivity index (χ1n) is 6.65. The van der Waals surface area contributed by atoms with Crippen molar-refractivity contribution in [1.82, 2.24) is 9.88 Å². The van der Waals surface area contributed by atoms with Crippen LogP contribution in [0.3, 0.4) is 0 Å². The maximum Gasteiger partial charge on any atom is 0.275 e. The van der Waals surface area contributed by atoms with Gasteiger partial charge >= 0.3 is 0 Å². The summed E-state index contributed by atoms with van der Waals surface area (Å²) in [7, 11) is 0. The van der Waals surface area contributed by atoms with Crippen molar-refractivity contribution in [1.29, 1.82) is 0 Å². The Morgan fingerprint density at radius 3 is 2.50 bits per heavy atom. The van der Waals surface area contributed by atoms with Gasteiger partial charge in [0.05, 0.1) is 5.69 Å². The van der Waals surface area contributed by atoms with Crippen molar-refractivity contribution in [2.24, 2.45) is 0 Å². The topological polar surface area (TPSA) is 59.2 Å². The summed E-state index contributed by atoms with van der Waals surface area (Å²) in [6.45, 7) is 4.52. The lowest BCUT2D eigenvalue weighted by molar-refractivity contribution is 0.0685. The first kappa shape index (κ1) is 14.1. The lowest BCUT2D eigenvalue weighted by Gasteiger charge is -2.27. The van der Waals surface area contributed by atoms with Gasteiger partial charge in [-0.2, -0.15) is 0 Å². The smallest absolute Gasteiger partial charge is 0.275 e. The molecular formula is C16H19N3O. The molecule has 0 bridgehead atoms. The van der Waals surface area contributed by atoms with E-state index in [0.717, 1.165) is 5.56 Å². The summed E-state index contributed by atoms with van der Waals surface area (Å²) in [5, 5.41) is 0. The van der Waals surface area contributed by atoms with E-state index in [0.29, 0.717) is 17.9 Å². The Balaban J connectivity index is 2.25. The van der Waals surface area contributed by atoms with Crippen molar-refractivity contribution in [3.8, 4) is 0 Å². The first-order valence-corrected chi connectivity index (χ1v) is 6.65. The number of nitrogen functional groups attached to an aromatic ring is 1. The number of hydrogen-bond acceptors (Lipinski definition) is 3. The zero-order valence-electron chi connectivity index (χ0n) is 11.8. The van der Waals surface area contributed by atoms with Gasteiger partial charge in [-0.15, -0.1) is 0 Å². The summed E-state index contributed by atoms with van der Waals surface area (Å²) in [5.74, 6) is -0.137. The number of rotatable bonds is 4. The van der Waals surface area contributed by atoms with E-state index in [2.05, 4.69) is 4.98 Å². The standard InChI is InChI=1S/C16H19N3O/c1-12(2)19(11-13-7-4-3-5-8-13)16(20)15-14(17)9-6-10-18-15/h3-10,12H,11,17H2,1-2H3. The third-order valence-electron chi connectivity index (χ3n) is 3.12. The second-order valence-corrected chi connectivity index (χ2v) is 4.95. The largest absolute Gasteiger partial charge is 0.397 e. The summed E-state index contributed by atoms with van der Waals surface area (Å²) in [5.41, 5.74) is 7.66. The highest BCUT2D eigenvalue weighted by Gasteiger charge is 2.21. The molecule has 20 heavy (non-hydrogen) atoms. The van der Waals surface area contributed by atoms with E-state index in [1.165, 1.54) is 0 Å². The van der Waals surface area contributed by atoms with Gasteiger partial charge in [0.1, 0.15) is 0 Å². The van der Waals surface area contributed by atoms with Crippen LogP contribution < -0.4 is 5.73 Å². The third-order valence-corrected chi connectivity index (χ3v) is 3.12. The van der Waals surface area contributed by atoms with Gasteiger partial charge in [-0.1, -0.05) is 30.3 Å². The molecule has 4 heteroatoms. The number of nitrogens with two attached hydrogens (primary N) is 1. The second-order valence-electron chi connectivity index (χ2n) is 4.95. The lowest BCUT2D eigenvalue weighted by Crippen LogP contribution is -2.37. The average Bonchev–Trinajstić information content (AvgIpc) is 2.45. The van der Waals surface area contributed by atoms with Crippen molar-refractivity contribution in [2.45, 2.75) is 26.4 Å². The van der Waals surface area contributed by atoms with Crippen molar-refractivity contribution < 1.29 is 4.79 Å². The SMILES string of the molecule is CC(C)N(Cc1ccccc1)C(=O)c1ncccc1N. The van der Waals surface area contributed by atoms with Gasteiger partial charge in [0.2, 0.25) is 0 Å². The zero-order chi connectivity index (χ0) is 14.5. The Morgan fingerprint density at radius 1 is 1.20 bits per heavy atom.